The Kier molecular flexibility index (Phi) is 3.17. The molecule has 55 valence electrons. The SMILES string of the molecule is C[C](C)C(F)(F)C(Cl)Cl. The van der Waals surface area contributed by atoms with Crippen LogP contribution >= 0.6 is 23.2 Å². The average molecular weight is 176 g/mol. The summed E-state index contributed by atoms with van der Waals surface area (Å²) in [5.74, 6) is -3.12. The highest BCUT2D eigenvalue weighted by Crippen LogP contribution is 2.34. The number of alkyl halides is 4. The zero-order chi connectivity index (χ0) is 7.65. The third kappa shape index (κ3) is 2.26. The zero-order valence-corrected chi connectivity index (χ0v) is 6.60. The zero-order valence-electron chi connectivity index (χ0n) is 5.09. The van der Waals surface area contributed by atoms with Crippen molar-refractivity contribution in [1.29, 1.82) is 0 Å². The Labute approximate surface area is 63.1 Å². The van der Waals surface area contributed by atoms with E-state index < -0.39 is 10.8 Å². The van der Waals surface area contributed by atoms with Crippen LogP contribution in [-0.4, -0.2) is 10.8 Å². The van der Waals surface area contributed by atoms with Crippen molar-refractivity contribution in [3.63, 3.8) is 0 Å². The highest BCUT2D eigenvalue weighted by Gasteiger charge is 2.40. The van der Waals surface area contributed by atoms with E-state index >= 15 is 0 Å². The minimum Gasteiger partial charge on any atom is -0.203 e. The van der Waals surface area contributed by atoms with E-state index in [1.807, 2.05) is 0 Å². The Morgan fingerprint density at radius 3 is 1.67 bits per heavy atom. The summed E-state index contributed by atoms with van der Waals surface area (Å²) in [5.41, 5.74) is 0. The molecule has 4 heteroatoms. The van der Waals surface area contributed by atoms with E-state index in [0.717, 1.165) is 0 Å². The van der Waals surface area contributed by atoms with Crippen LogP contribution in [-0.2, 0) is 0 Å². The quantitative estimate of drug-likeness (QED) is 0.567. The van der Waals surface area contributed by atoms with Crippen LogP contribution in [0, 0.1) is 5.92 Å². The first-order valence-corrected chi connectivity index (χ1v) is 3.23. The van der Waals surface area contributed by atoms with Crippen molar-refractivity contribution in [2.75, 3.05) is 0 Å². The van der Waals surface area contributed by atoms with Gasteiger partial charge in [-0.05, 0) is 0 Å². The lowest BCUT2D eigenvalue weighted by atomic mass is 10.1. The molecule has 1 radical (unpaired) electrons. The van der Waals surface area contributed by atoms with Crippen molar-refractivity contribution < 1.29 is 8.78 Å². The van der Waals surface area contributed by atoms with Crippen molar-refractivity contribution in [1.82, 2.24) is 0 Å². The van der Waals surface area contributed by atoms with E-state index in [9.17, 15) is 8.78 Å². The lowest BCUT2D eigenvalue weighted by Crippen LogP contribution is -2.29. The van der Waals surface area contributed by atoms with Gasteiger partial charge < -0.3 is 0 Å². The van der Waals surface area contributed by atoms with Gasteiger partial charge in [-0.2, -0.15) is 0 Å². The van der Waals surface area contributed by atoms with Gasteiger partial charge in [0.25, 0.3) is 5.92 Å². The Hall–Kier alpha value is 0.440. The molecule has 0 spiro atoms. The second kappa shape index (κ2) is 3.02. The second-order valence-electron chi connectivity index (χ2n) is 1.92. The van der Waals surface area contributed by atoms with Gasteiger partial charge in [0.15, 0.2) is 4.84 Å². The van der Waals surface area contributed by atoms with Crippen LogP contribution in [0.4, 0.5) is 8.78 Å². The number of halogens is 4. The van der Waals surface area contributed by atoms with E-state index in [-0.39, 0.29) is 5.92 Å². The smallest absolute Gasteiger partial charge is 0.203 e. The lowest BCUT2D eigenvalue weighted by molar-refractivity contribution is 0.0331. The summed E-state index contributed by atoms with van der Waals surface area (Å²) in [7, 11) is 0. The van der Waals surface area contributed by atoms with Crippen molar-refractivity contribution >= 4 is 23.2 Å². The normalized spacial score (nSPS) is 13.3. The monoisotopic (exact) mass is 175 g/mol. The number of hydrogen-bond acceptors (Lipinski definition) is 0. The summed E-state index contributed by atoms with van der Waals surface area (Å²) in [4.78, 5) is -1.64. The standard InChI is InChI=1S/C5H7Cl2F2/c1-3(2)5(8,9)4(6)7/h4H,1-2H3. The molecule has 0 bridgehead atoms. The fraction of sp³-hybridized carbons (Fsp3) is 0.800. The molecule has 0 rings (SSSR count). The van der Waals surface area contributed by atoms with E-state index in [0.29, 0.717) is 0 Å². The average Bonchev–Trinajstić information content (AvgIpc) is 1.65. The van der Waals surface area contributed by atoms with Gasteiger partial charge in [-0.3, -0.25) is 0 Å². The first-order chi connectivity index (χ1) is 3.89. The van der Waals surface area contributed by atoms with Crippen molar-refractivity contribution in [2.24, 2.45) is 0 Å². The number of rotatable bonds is 2. The third-order valence-electron chi connectivity index (χ3n) is 0.941. The highest BCUT2D eigenvalue weighted by atomic mass is 35.5. The summed E-state index contributed by atoms with van der Waals surface area (Å²) in [6, 6.07) is 0. The van der Waals surface area contributed by atoms with Crippen LogP contribution in [0.2, 0.25) is 0 Å². The largest absolute Gasteiger partial charge is 0.283 e. The lowest BCUT2D eigenvalue weighted by Gasteiger charge is -2.19. The Balaban J connectivity index is 4.01. The highest BCUT2D eigenvalue weighted by molar-refractivity contribution is 6.45. The molecule has 0 aromatic carbocycles. The molecular formula is C5H7Cl2F2. The van der Waals surface area contributed by atoms with Gasteiger partial charge >= 0.3 is 0 Å². The van der Waals surface area contributed by atoms with Crippen LogP contribution in [0.1, 0.15) is 13.8 Å². The van der Waals surface area contributed by atoms with E-state index in [4.69, 9.17) is 23.2 Å². The molecule has 0 aliphatic rings. The van der Waals surface area contributed by atoms with Gasteiger partial charge in [0, 0.05) is 5.92 Å². The van der Waals surface area contributed by atoms with Gasteiger partial charge in [-0.25, -0.2) is 8.78 Å². The fourth-order valence-electron chi connectivity index (χ4n) is 0.218. The second-order valence-corrected chi connectivity index (χ2v) is 3.02. The minimum absolute atomic E-state index is 0.0718. The summed E-state index contributed by atoms with van der Waals surface area (Å²) in [5, 5.41) is 0. The molecule has 0 N–H and O–H groups in total. The van der Waals surface area contributed by atoms with Gasteiger partial charge in [-0.15, -0.1) is 0 Å². The number of hydrogen-bond donors (Lipinski definition) is 0. The molecular weight excluding hydrogens is 169 g/mol. The van der Waals surface area contributed by atoms with Gasteiger partial charge in [-0.1, -0.05) is 37.0 Å². The maximum Gasteiger partial charge on any atom is 0.283 e. The molecule has 0 nitrogen and oxygen atoms in total. The predicted molar refractivity (Wildman–Crippen MR) is 35.0 cm³/mol. The van der Waals surface area contributed by atoms with Crippen LogP contribution in [0.3, 0.4) is 0 Å². The molecule has 0 saturated heterocycles. The molecule has 0 heterocycles. The van der Waals surface area contributed by atoms with Gasteiger partial charge in [0.2, 0.25) is 0 Å². The summed E-state index contributed by atoms with van der Waals surface area (Å²) in [6.07, 6.45) is 0. The molecule has 0 atom stereocenters. The van der Waals surface area contributed by atoms with E-state index in [2.05, 4.69) is 0 Å². The van der Waals surface area contributed by atoms with E-state index in [1.165, 1.54) is 13.8 Å². The van der Waals surface area contributed by atoms with Crippen LogP contribution in [0.25, 0.3) is 0 Å². The molecule has 0 aliphatic carbocycles. The van der Waals surface area contributed by atoms with Crippen molar-refractivity contribution in [3.8, 4) is 0 Å². The minimum atomic E-state index is -3.05. The van der Waals surface area contributed by atoms with E-state index in [1.54, 1.807) is 0 Å². The molecule has 0 amide bonds. The van der Waals surface area contributed by atoms with Crippen LogP contribution in [0.5, 0.6) is 0 Å². The molecule has 0 aromatic heterocycles. The maximum absolute atomic E-state index is 12.4. The molecule has 0 unspecified atom stereocenters. The summed E-state index contributed by atoms with van der Waals surface area (Å²) < 4.78 is 24.7. The fourth-order valence-corrected chi connectivity index (χ4v) is 0.655. The van der Waals surface area contributed by atoms with Gasteiger partial charge in [0.05, 0.1) is 0 Å². The Morgan fingerprint density at radius 2 is 1.67 bits per heavy atom. The molecule has 0 aromatic rings. The van der Waals surface area contributed by atoms with Crippen molar-refractivity contribution in [2.45, 2.75) is 24.6 Å². The predicted octanol–water partition coefficient (Wildman–Crippen LogP) is 3.04. The first-order valence-electron chi connectivity index (χ1n) is 2.35. The molecule has 0 aliphatic heterocycles. The topological polar surface area (TPSA) is 0 Å². The Bertz CT molecular complexity index is 81.0. The van der Waals surface area contributed by atoms with Crippen molar-refractivity contribution in [3.05, 3.63) is 5.92 Å². The van der Waals surface area contributed by atoms with Crippen LogP contribution in [0.15, 0.2) is 0 Å². The molecule has 0 fully saturated rings. The Morgan fingerprint density at radius 1 is 1.33 bits per heavy atom. The molecule has 0 saturated carbocycles. The summed E-state index contributed by atoms with van der Waals surface area (Å²) >= 11 is 9.92. The van der Waals surface area contributed by atoms with Gasteiger partial charge in [0.1, 0.15) is 0 Å². The van der Waals surface area contributed by atoms with Crippen LogP contribution < -0.4 is 0 Å². The first kappa shape index (κ1) is 9.44. The maximum atomic E-state index is 12.4. The summed E-state index contributed by atoms with van der Waals surface area (Å²) in [6.45, 7) is 2.58. The third-order valence-corrected chi connectivity index (χ3v) is 1.49. The molecule has 9 heavy (non-hydrogen) atoms.